The molecule has 2 amide bonds. The number of hydrogen-bond donors (Lipinski definition) is 1. The zero-order valence-corrected chi connectivity index (χ0v) is 14.3. The van der Waals surface area contributed by atoms with Crippen molar-refractivity contribution >= 4 is 11.8 Å². The molecule has 2 aromatic rings. The molecule has 0 saturated heterocycles. The fourth-order valence-corrected chi connectivity index (χ4v) is 2.43. The largest absolute Gasteiger partial charge is 0.466 e. The van der Waals surface area contributed by atoms with Crippen LogP contribution in [0.25, 0.3) is 0 Å². The minimum atomic E-state index is -0.107. The Morgan fingerprint density at radius 1 is 1.29 bits per heavy atom. The standard InChI is InChI=1S/C18H23N3O3/c1-4-21(18(23)16-11-13(2)24-14(16)3)10-8-17(22)20-12-15-7-5-6-9-19-15/h5-7,9,11H,4,8,10,12H2,1-3H3,(H,20,22). The average Bonchev–Trinajstić information content (AvgIpc) is 2.92. The number of hydrogen-bond acceptors (Lipinski definition) is 4. The van der Waals surface area contributed by atoms with Crippen LogP contribution >= 0.6 is 0 Å². The van der Waals surface area contributed by atoms with Crippen molar-refractivity contribution in [1.82, 2.24) is 15.2 Å². The summed E-state index contributed by atoms with van der Waals surface area (Å²) in [7, 11) is 0. The third kappa shape index (κ3) is 4.68. The van der Waals surface area contributed by atoms with E-state index in [0.717, 1.165) is 5.69 Å². The molecule has 0 aliphatic carbocycles. The maximum atomic E-state index is 12.5. The van der Waals surface area contributed by atoms with Crippen LogP contribution in [0.2, 0.25) is 0 Å². The molecule has 0 aliphatic heterocycles. The second-order valence-corrected chi connectivity index (χ2v) is 5.56. The molecule has 2 rings (SSSR count). The lowest BCUT2D eigenvalue weighted by molar-refractivity contribution is -0.121. The van der Waals surface area contributed by atoms with E-state index in [4.69, 9.17) is 4.42 Å². The van der Waals surface area contributed by atoms with E-state index in [1.807, 2.05) is 32.0 Å². The van der Waals surface area contributed by atoms with Gasteiger partial charge in [-0.2, -0.15) is 0 Å². The molecular weight excluding hydrogens is 306 g/mol. The molecule has 0 bridgehead atoms. The van der Waals surface area contributed by atoms with Crippen LogP contribution in [-0.2, 0) is 11.3 Å². The van der Waals surface area contributed by atoms with Crippen LogP contribution in [0.1, 0.15) is 40.9 Å². The Labute approximate surface area is 141 Å². The molecule has 2 aromatic heterocycles. The van der Waals surface area contributed by atoms with E-state index in [1.54, 1.807) is 24.1 Å². The van der Waals surface area contributed by atoms with Gasteiger partial charge < -0.3 is 14.6 Å². The van der Waals surface area contributed by atoms with Crippen molar-refractivity contribution in [2.24, 2.45) is 0 Å². The number of pyridine rings is 1. The van der Waals surface area contributed by atoms with Crippen LogP contribution in [0.3, 0.4) is 0 Å². The predicted molar refractivity (Wildman–Crippen MR) is 90.5 cm³/mol. The van der Waals surface area contributed by atoms with E-state index in [1.165, 1.54) is 0 Å². The first-order valence-electron chi connectivity index (χ1n) is 8.04. The summed E-state index contributed by atoms with van der Waals surface area (Å²) in [6.45, 7) is 6.77. The highest BCUT2D eigenvalue weighted by atomic mass is 16.3. The number of nitrogens with one attached hydrogen (secondary N) is 1. The Balaban J connectivity index is 1.85. The summed E-state index contributed by atoms with van der Waals surface area (Å²) < 4.78 is 5.41. The molecule has 0 saturated carbocycles. The third-order valence-corrected chi connectivity index (χ3v) is 3.74. The Morgan fingerprint density at radius 3 is 2.67 bits per heavy atom. The lowest BCUT2D eigenvalue weighted by Crippen LogP contribution is -2.35. The van der Waals surface area contributed by atoms with E-state index in [2.05, 4.69) is 10.3 Å². The maximum absolute atomic E-state index is 12.5. The van der Waals surface area contributed by atoms with Gasteiger partial charge in [0.15, 0.2) is 0 Å². The Kier molecular flexibility index (Phi) is 6.12. The molecule has 0 spiro atoms. The molecule has 128 valence electrons. The Morgan fingerprint density at radius 2 is 2.08 bits per heavy atom. The van der Waals surface area contributed by atoms with Gasteiger partial charge in [-0.3, -0.25) is 14.6 Å². The molecule has 0 aliphatic rings. The Hall–Kier alpha value is -2.63. The predicted octanol–water partition coefficient (Wildman–Crippen LogP) is 2.46. The molecule has 0 atom stereocenters. The number of carbonyl (C=O) groups excluding carboxylic acids is 2. The second-order valence-electron chi connectivity index (χ2n) is 5.56. The SMILES string of the molecule is CCN(CCC(=O)NCc1ccccn1)C(=O)c1cc(C)oc1C. The van der Waals surface area contributed by atoms with E-state index in [-0.39, 0.29) is 18.2 Å². The highest BCUT2D eigenvalue weighted by Gasteiger charge is 2.19. The maximum Gasteiger partial charge on any atom is 0.257 e. The highest BCUT2D eigenvalue weighted by Crippen LogP contribution is 2.16. The average molecular weight is 329 g/mol. The van der Waals surface area contributed by atoms with Crippen LogP contribution in [0.15, 0.2) is 34.9 Å². The van der Waals surface area contributed by atoms with Crippen molar-refractivity contribution in [3.05, 3.63) is 53.2 Å². The van der Waals surface area contributed by atoms with E-state index in [0.29, 0.717) is 36.7 Å². The lowest BCUT2D eigenvalue weighted by atomic mass is 10.2. The van der Waals surface area contributed by atoms with Crippen LogP contribution in [0, 0.1) is 13.8 Å². The molecule has 24 heavy (non-hydrogen) atoms. The van der Waals surface area contributed by atoms with Crippen molar-refractivity contribution in [2.75, 3.05) is 13.1 Å². The zero-order valence-electron chi connectivity index (χ0n) is 14.3. The summed E-state index contributed by atoms with van der Waals surface area (Å²) >= 11 is 0. The monoisotopic (exact) mass is 329 g/mol. The summed E-state index contributed by atoms with van der Waals surface area (Å²) in [6, 6.07) is 7.30. The first kappa shape index (κ1) is 17.7. The quantitative estimate of drug-likeness (QED) is 0.846. The van der Waals surface area contributed by atoms with Gasteiger partial charge in [-0.25, -0.2) is 0 Å². The molecule has 1 N–H and O–H groups in total. The number of carbonyl (C=O) groups is 2. The van der Waals surface area contributed by atoms with Gasteiger partial charge in [0.2, 0.25) is 5.91 Å². The summed E-state index contributed by atoms with van der Waals surface area (Å²) in [5, 5.41) is 2.81. The highest BCUT2D eigenvalue weighted by molar-refractivity contribution is 5.95. The summed E-state index contributed by atoms with van der Waals surface area (Å²) in [6.07, 6.45) is 1.94. The normalized spacial score (nSPS) is 10.5. The van der Waals surface area contributed by atoms with E-state index < -0.39 is 0 Å². The van der Waals surface area contributed by atoms with Crippen LogP contribution < -0.4 is 5.32 Å². The van der Waals surface area contributed by atoms with Crippen LogP contribution in [0.4, 0.5) is 0 Å². The summed E-state index contributed by atoms with van der Waals surface area (Å²) in [5.41, 5.74) is 1.36. The molecule has 0 fully saturated rings. The fraction of sp³-hybridized carbons (Fsp3) is 0.389. The van der Waals surface area contributed by atoms with Crippen molar-refractivity contribution in [2.45, 2.75) is 33.7 Å². The minimum absolute atomic E-state index is 0.105. The van der Waals surface area contributed by atoms with Gasteiger partial charge in [0.25, 0.3) is 5.91 Å². The van der Waals surface area contributed by atoms with Crippen molar-refractivity contribution in [3.63, 3.8) is 0 Å². The molecule has 2 heterocycles. The molecule has 0 unspecified atom stereocenters. The zero-order chi connectivity index (χ0) is 17.5. The van der Waals surface area contributed by atoms with Crippen molar-refractivity contribution in [3.8, 4) is 0 Å². The van der Waals surface area contributed by atoms with Gasteiger partial charge in [-0.15, -0.1) is 0 Å². The van der Waals surface area contributed by atoms with Crippen LogP contribution in [0.5, 0.6) is 0 Å². The van der Waals surface area contributed by atoms with Crippen molar-refractivity contribution in [1.29, 1.82) is 0 Å². The summed E-state index contributed by atoms with van der Waals surface area (Å²) in [5.74, 6) is 1.10. The topological polar surface area (TPSA) is 75.4 Å². The second kappa shape index (κ2) is 8.29. The number of rotatable bonds is 7. The Bertz CT molecular complexity index is 695. The number of furan rings is 1. The smallest absolute Gasteiger partial charge is 0.257 e. The fourth-order valence-electron chi connectivity index (χ4n) is 2.43. The van der Waals surface area contributed by atoms with E-state index >= 15 is 0 Å². The summed E-state index contributed by atoms with van der Waals surface area (Å²) in [4.78, 5) is 30.3. The van der Waals surface area contributed by atoms with Gasteiger partial charge in [-0.05, 0) is 39.0 Å². The van der Waals surface area contributed by atoms with Crippen LogP contribution in [-0.4, -0.2) is 34.8 Å². The van der Waals surface area contributed by atoms with Gasteiger partial charge in [0.1, 0.15) is 11.5 Å². The molecule has 6 heteroatoms. The molecule has 0 radical (unpaired) electrons. The van der Waals surface area contributed by atoms with Gasteiger partial charge in [-0.1, -0.05) is 6.07 Å². The van der Waals surface area contributed by atoms with Gasteiger partial charge in [0, 0.05) is 25.7 Å². The number of nitrogens with zero attached hydrogens (tertiary/aromatic N) is 2. The van der Waals surface area contributed by atoms with Crippen molar-refractivity contribution < 1.29 is 14.0 Å². The molecule has 0 aromatic carbocycles. The minimum Gasteiger partial charge on any atom is -0.466 e. The molecular formula is C18H23N3O3. The van der Waals surface area contributed by atoms with E-state index in [9.17, 15) is 9.59 Å². The lowest BCUT2D eigenvalue weighted by Gasteiger charge is -2.20. The third-order valence-electron chi connectivity index (χ3n) is 3.74. The molecule has 6 nitrogen and oxygen atoms in total. The number of aromatic nitrogens is 1. The van der Waals surface area contributed by atoms with Gasteiger partial charge in [0.05, 0.1) is 17.8 Å². The number of aryl methyl sites for hydroxylation is 2. The first-order valence-corrected chi connectivity index (χ1v) is 8.04. The first-order chi connectivity index (χ1) is 11.5. The number of amides is 2. The van der Waals surface area contributed by atoms with Gasteiger partial charge >= 0.3 is 0 Å².